The molecule has 1 aromatic carbocycles. The van der Waals surface area contributed by atoms with Gasteiger partial charge < -0.3 is 14.6 Å². The molecule has 0 spiro atoms. The zero-order valence-corrected chi connectivity index (χ0v) is 15.3. The Hall–Kier alpha value is -2.87. The van der Waals surface area contributed by atoms with Crippen LogP contribution in [0.3, 0.4) is 0 Å². The SMILES string of the molecule is COc1ccc(CCC(=O)OCc2csc(-c3cnn(C)c3)n2)cc1O. The van der Waals surface area contributed by atoms with Crippen molar-refractivity contribution in [2.75, 3.05) is 7.11 Å². The second-order valence-corrected chi connectivity index (χ2v) is 6.57. The van der Waals surface area contributed by atoms with Crippen LogP contribution in [0.1, 0.15) is 17.7 Å². The van der Waals surface area contributed by atoms with Crippen molar-refractivity contribution in [3.05, 3.63) is 47.2 Å². The Morgan fingerprint density at radius 3 is 2.92 bits per heavy atom. The van der Waals surface area contributed by atoms with E-state index < -0.39 is 0 Å². The van der Waals surface area contributed by atoms with Crippen LogP contribution in [0.2, 0.25) is 0 Å². The molecular weight excluding hydrogens is 354 g/mol. The van der Waals surface area contributed by atoms with E-state index in [0.29, 0.717) is 17.9 Å². The first-order valence-corrected chi connectivity index (χ1v) is 8.88. The highest BCUT2D eigenvalue weighted by Crippen LogP contribution is 2.27. The minimum absolute atomic E-state index is 0.0590. The number of hydrogen-bond acceptors (Lipinski definition) is 7. The normalized spacial score (nSPS) is 10.7. The predicted molar refractivity (Wildman–Crippen MR) is 97.1 cm³/mol. The standard InChI is InChI=1S/C18H19N3O4S/c1-21-9-13(8-19-21)18-20-14(11-26-18)10-25-17(23)6-4-12-3-5-16(24-2)15(22)7-12/h3,5,7-9,11,22H,4,6,10H2,1-2H3. The summed E-state index contributed by atoms with van der Waals surface area (Å²) in [5, 5.41) is 16.6. The Morgan fingerprint density at radius 1 is 1.38 bits per heavy atom. The maximum absolute atomic E-state index is 11.9. The fourth-order valence-corrected chi connectivity index (χ4v) is 3.18. The number of thiazole rings is 1. The number of carbonyl (C=O) groups is 1. The first kappa shape index (κ1) is 17.9. The third kappa shape index (κ3) is 4.40. The molecule has 3 rings (SSSR count). The van der Waals surface area contributed by atoms with Gasteiger partial charge >= 0.3 is 5.97 Å². The van der Waals surface area contributed by atoms with Crippen LogP contribution >= 0.6 is 11.3 Å². The van der Waals surface area contributed by atoms with Gasteiger partial charge in [-0.2, -0.15) is 5.10 Å². The summed E-state index contributed by atoms with van der Waals surface area (Å²) in [5.41, 5.74) is 2.49. The summed E-state index contributed by atoms with van der Waals surface area (Å²) in [4.78, 5) is 16.4. The summed E-state index contributed by atoms with van der Waals surface area (Å²) in [7, 11) is 3.34. The molecule has 0 saturated heterocycles. The lowest BCUT2D eigenvalue weighted by atomic mass is 10.1. The molecule has 8 heteroatoms. The molecule has 0 aliphatic rings. The number of phenolic OH excluding ortho intramolecular Hbond substituents is 1. The first-order valence-electron chi connectivity index (χ1n) is 8.00. The van der Waals surface area contributed by atoms with E-state index in [1.165, 1.54) is 18.4 Å². The molecule has 0 fully saturated rings. The van der Waals surface area contributed by atoms with E-state index in [9.17, 15) is 9.90 Å². The monoisotopic (exact) mass is 373 g/mol. The number of rotatable bonds is 7. The van der Waals surface area contributed by atoms with Crippen molar-refractivity contribution in [3.8, 4) is 22.1 Å². The van der Waals surface area contributed by atoms with Crippen molar-refractivity contribution in [2.45, 2.75) is 19.4 Å². The Morgan fingerprint density at radius 2 is 2.23 bits per heavy atom. The van der Waals surface area contributed by atoms with Gasteiger partial charge in [-0.05, 0) is 24.1 Å². The van der Waals surface area contributed by atoms with Gasteiger partial charge in [0, 0.05) is 30.6 Å². The molecular formula is C18H19N3O4S. The maximum atomic E-state index is 11.9. The van der Waals surface area contributed by atoms with Gasteiger partial charge in [0.25, 0.3) is 0 Å². The minimum atomic E-state index is -0.309. The lowest BCUT2D eigenvalue weighted by Gasteiger charge is -2.06. The molecule has 136 valence electrons. The number of aromatic nitrogens is 3. The number of nitrogens with zero attached hydrogens (tertiary/aromatic N) is 3. The molecule has 0 amide bonds. The molecule has 26 heavy (non-hydrogen) atoms. The topological polar surface area (TPSA) is 86.5 Å². The number of aromatic hydroxyl groups is 1. The number of carbonyl (C=O) groups excluding carboxylic acids is 1. The molecule has 0 unspecified atom stereocenters. The molecule has 2 heterocycles. The third-order valence-corrected chi connectivity index (χ3v) is 4.69. The van der Waals surface area contributed by atoms with Crippen molar-refractivity contribution in [3.63, 3.8) is 0 Å². The van der Waals surface area contributed by atoms with Crippen molar-refractivity contribution < 1.29 is 19.4 Å². The van der Waals surface area contributed by atoms with E-state index in [2.05, 4.69) is 10.1 Å². The summed E-state index contributed by atoms with van der Waals surface area (Å²) < 4.78 is 12.0. The second kappa shape index (κ2) is 8.01. The van der Waals surface area contributed by atoms with E-state index >= 15 is 0 Å². The Kier molecular flexibility index (Phi) is 5.52. The number of ether oxygens (including phenoxy) is 2. The quantitative estimate of drug-likeness (QED) is 0.641. The highest BCUT2D eigenvalue weighted by Gasteiger charge is 2.10. The van der Waals surface area contributed by atoms with Gasteiger partial charge in [-0.25, -0.2) is 4.98 Å². The zero-order chi connectivity index (χ0) is 18.5. The summed E-state index contributed by atoms with van der Waals surface area (Å²) in [5.74, 6) is 0.157. The Labute approximate surface area is 154 Å². The number of aryl methyl sites for hydroxylation is 2. The smallest absolute Gasteiger partial charge is 0.306 e. The average molecular weight is 373 g/mol. The molecule has 0 atom stereocenters. The van der Waals surface area contributed by atoms with Gasteiger partial charge in [0.1, 0.15) is 11.6 Å². The zero-order valence-electron chi connectivity index (χ0n) is 14.5. The van der Waals surface area contributed by atoms with Crippen LogP contribution < -0.4 is 4.74 Å². The minimum Gasteiger partial charge on any atom is -0.504 e. The summed E-state index contributed by atoms with van der Waals surface area (Å²) in [6.45, 7) is 0.142. The first-order chi connectivity index (χ1) is 12.5. The number of hydrogen-bond donors (Lipinski definition) is 1. The molecule has 0 aliphatic carbocycles. The predicted octanol–water partition coefficient (Wildman–Crippen LogP) is 2.93. The van der Waals surface area contributed by atoms with Crippen molar-refractivity contribution in [2.24, 2.45) is 7.05 Å². The Bertz CT molecular complexity index is 903. The van der Waals surface area contributed by atoms with Crippen LogP contribution in [0.5, 0.6) is 11.5 Å². The fraction of sp³-hybridized carbons (Fsp3) is 0.278. The summed E-state index contributed by atoms with van der Waals surface area (Å²) in [6, 6.07) is 5.07. The fourth-order valence-electron chi connectivity index (χ4n) is 2.40. The molecule has 0 saturated carbocycles. The van der Waals surface area contributed by atoms with E-state index in [4.69, 9.17) is 9.47 Å². The molecule has 0 aliphatic heterocycles. The van der Waals surface area contributed by atoms with E-state index in [-0.39, 0.29) is 24.7 Å². The highest BCUT2D eigenvalue weighted by atomic mass is 32.1. The van der Waals surface area contributed by atoms with Gasteiger partial charge in [0.15, 0.2) is 11.5 Å². The van der Waals surface area contributed by atoms with Crippen LogP contribution in [0.15, 0.2) is 36.0 Å². The molecule has 0 bridgehead atoms. The van der Waals surface area contributed by atoms with Crippen LogP contribution in [0, 0.1) is 0 Å². The number of esters is 1. The van der Waals surface area contributed by atoms with Gasteiger partial charge in [-0.3, -0.25) is 9.48 Å². The van der Waals surface area contributed by atoms with Gasteiger partial charge in [0.2, 0.25) is 0 Å². The third-order valence-electron chi connectivity index (χ3n) is 3.75. The molecule has 0 radical (unpaired) electrons. The van der Waals surface area contributed by atoms with Crippen LogP contribution in [-0.4, -0.2) is 33.0 Å². The Balaban J connectivity index is 1.48. The van der Waals surface area contributed by atoms with Gasteiger partial charge in [-0.15, -0.1) is 11.3 Å². The second-order valence-electron chi connectivity index (χ2n) is 5.71. The molecule has 1 N–H and O–H groups in total. The van der Waals surface area contributed by atoms with Crippen molar-refractivity contribution >= 4 is 17.3 Å². The van der Waals surface area contributed by atoms with Crippen LogP contribution in [0.25, 0.3) is 10.6 Å². The van der Waals surface area contributed by atoms with E-state index in [1.54, 1.807) is 23.0 Å². The number of benzene rings is 1. The molecule has 2 aromatic heterocycles. The van der Waals surface area contributed by atoms with Gasteiger partial charge in [0.05, 0.1) is 19.0 Å². The summed E-state index contributed by atoms with van der Waals surface area (Å²) >= 11 is 1.49. The lowest BCUT2D eigenvalue weighted by Crippen LogP contribution is -2.06. The molecule has 3 aromatic rings. The average Bonchev–Trinajstić information content (AvgIpc) is 3.27. The van der Waals surface area contributed by atoms with Crippen LogP contribution in [-0.2, 0) is 29.6 Å². The number of phenols is 1. The summed E-state index contributed by atoms with van der Waals surface area (Å²) in [6.07, 6.45) is 4.34. The lowest BCUT2D eigenvalue weighted by molar-refractivity contribution is -0.145. The highest BCUT2D eigenvalue weighted by molar-refractivity contribution is 7.13. The van der Waals surface area contributed by atoms with Crippen LogP contribution in [0.4, 0.5) is 0 Å². The molecule has 7 nitrogen and oxygen atoms in total. The van der Waals surface area contributed by atoms with Crippen molar-refractivity contribution in [1.82, 2.24) is 14.8 Å². The van der Waals surface area contributed by atoms with Gasteiger partial charge in [-0.1, -0.05) is 6.07 Å². The van der Waals surface area contributed by atoms with E-state index in [1.807, 2.05) is 24.7 Å². The number of methoxy groups -OCH3 is 1. The largest absolute Gasteiger partial charge is 0.504 e. The van der Waals surface area contributed by atoms with Crippen molar-refractivity contribution in [1.29, 1.82) is 0 Å². The van der Waals surface area contributed by atoms with E-state index in [0.717, 1.165) is 16.1 Å². The maximum Gasteiger partial charge on any atom is 0.306 e.